The van der Waals surface area contributed by atoms with E-state index in [-0.39, 0.29) is 11.5 Å². The van der Waals surface area contributed by atoms with Gasteiger partial charge in [-0.15, -0.1) is 0 Å². The van der Waals surface area contributed by atoms with E-state index >= 15 is 0 Å². The van der Waals surface area contributed by atoms with E-state index in [0.29, 0.717) is 54.0 Å². The van der Waals surface area contributed by atoms with Crippen molar-refractivity contribution in [2.24, 2.45) is 0 Å². The maximum absolute atomic E-state index is 14.4. The fourth-order valence-electron chi connectivity index (χ4n) is 5.68. The minimum absolute atomic E-state index is 0.0736. The van der Waals surface area contributed by atoms with Crippen LogP contribution in [0.2, 0.25) is 0 Å². The molecule has 0 radical (unpaired) electrons. The lowest BCUT2D eigenvalue weighted by molar-refractivity contribution is 0.0662. The molecule has 0 N–H and O–H groups in total. The lowest BCUT2D eigenvalue weighted by Gasteiger charge is -2.32. The van der Waals surface area contributed by atoms with Crippen LogP contribution in [-0.2, 0) is 12.8 Å². The van der Waals surface area contributed by atoms with Gasteiger partial charge in [-0.2, -0.15) is 0 Å². The van der Waals surface area contributed by atoms with Crippen LogP contribution in [0.5, 0.6) is 5.75 Å². The van der Waals surface area contributed by atoms with Crippen LogP contribution >= 0.6 is 0 Å². The van der Waals surface area contributed by atoms with Gasteiger partial charge in [0.1, 0.15) is 11.6 Å². The van der Waals surface area contributed by atoms with Crippen molar-refractivity contribution in [3.8, 4) is 11.4 Å². The Hall–Kier alpha value is -4.71. The molecule has 4 aromatic carbocycles. The van der Waals surface area contributed by atoms with Crippen molar-refractivity contribution in [1.82, 2.24) is 14.5 Å². The smallest absolute Gasteiger partial charge is 0.266 e. The van der Waals surface area contributed by atoms with E-state index in [9.17, 15) is 9.59 Å². The first-order valence-corrected chi connectivity index (χ1v) is 15.7. The van der Waals surface area contributed by atoms with Gasteiger partial charge in [0.2, 0.25) is 0 Å². The second-order valence-corrected chi connectivity index (χ2v) is 11.0. The van der Waals surface area contributed by atoms with Crippen molar-refractivity contribution in [3.63, 3.8) is 0 Å². The molecule has 0 bridgehead atoms. The summed E-state index contributed by atoms with van der Waals surface area (Å²) in [7, 11) is 0. The van der Waals surface area contributed by atoms with Crippen LogP contribution in [0.15, 0.2) is 108 Å². The molecule has 0 spiro atoms. The predicted molar refractivity (Wildman–Crippen MR) is 178 cm³/mol. The number of amides is 1. The fraction of sp³-hybridized carbons (Fsp3) is 0.289. The number of para-hydroxylation sites is 1. The second kappa shape index (κ2) is 14.6. The topological polar surface area (TPSA) is 64.4 Å². The maximum Gasteiger partial charge on any atom is 0.266 e. The summed E-state index contributed by atoms with van der Waals surface area (Å²) in [6.07, 6.45) is 4.50. The van der Waals surface area contributed by atoms with Gasteiger partial charge in [-0.05, 0) is 92.3 Å². The van der Waals surface area contributed by atoms with Gasteiger partial charge in [-0.1, -0.05) is 74.9 Å². The molecule has 6 nitrogen and oxygen atoms in total. The van der Waals surface area contributed by atoms with Crippen molar-refractivity contribution in [2.45, 2.75) is 58.9 Å². The third kappa shape index (κ3) is 6.91. The zero-order valence-electron chi connectivity index (χ0n) is 25.9. The number of nitrogens with zero attached hydrogens (tertiary/aromatic N) is 3. The molecule has 1 amide bonds. The Kier molecular flexibility index (Phi) is 10.2. The Morgan fingerprint density at radius 1 is 0.818 bits per heavy atom. The minimum atomic E-state index is -0.449. The first kappa shape index (κ1) is 30.7. The quantitative estimate of drug-likeness (QED) is 0.140. The van der Waals surface area contributed by atoms with Gasteiger partial charge in [0.25, 0.3) is 11.5 Å². The van der Waals surface area contributed by atoms with Gasteiger partial charge in [-0.25, -0.2) is 4.98 Å². The number of hydrogen-bond acceptors (Lipinski definition) is 4. The zero-order valence-corrected chi connectivity index (χ0v) is 25.9. The molecule has 0 saturated carbocycles. The molecular weight excluding hydrogens is 546 g/mol. The molecule has 6 heteroatoms. The number of rotatable bonds is 13. The molecular formula is C38H41N3O3. The van der Waals surface area contributed by atoms with Gasteiger partial charge < -0.3 is 9.64 Å². The molecule has 0 aliphatic rings. The van der Waals surface area contributed by atoms with E-state index in [1.807, 2.05) is 91.5 Å². The van der Waals surface area contributed by atoms with Crippen molar-refractivity contribution < 1.29 is 9.53 Å². The fourth-order valence-corrected chi connectivity index (χ4v) is 5.68. The minimum Gasteiger partial charge on any atom is -0.494 e. The molecule has 5 rings (SSSR count). The highest BCUT2D eigenvalue weighted by Gasteiger charge is 2.30. The van der Waals surface area contributed by atoms with E-state index < -0.39 is 6.04 Å². The van der Waals surface area contributed by atoms with Crippen LogP contribution in [0, 0.1) is 0 Å². The number of ether oxygens (including phenoxy) is 1. The van der Waals surface area contributed by atoms with E-state index in [1.54, 1.807) is 10.6 Å². The summed E-state index contributed by atoms with van der Waals surface area (Å²) >= 11 is 0. The third-order valence-corrected chi connectivity index (χ3v) is 8.03. The number of hydrogen-bond donors (Lipinski definition) is 0. The molecule has 0 aliphatic carbocycles. The Morgan fingerprint density at radius 3 is 2.18 bits per heavy atom. The van der Waals surface area contributed by atoms with Crippen LogP contribution in [0.25, 0.3) is 16.6 Å². The van der Waals surface area contributed by atoms with Crippen LogP contribution in [0.1, 0.15) is 73.4 Å². The SMILES string of the molecule is CCCCc1ccc(C(=O)N(CCc2ccccc2)C(CC)c2nc3ccccc3c(=O)n2-c2ccc(OCC)cc2)cc1. The van der Waals surface area contributed by atoms with E-state index in [2.05, 4.69) is 31.2 Å². The van der Waals surface area contributed by atoms with Crippen molar-refractivity contribution >= 4 is 16.8 Å². The predicted octanol–water partition coefficient (Wildman–Crippen LogP) is 7.96. The largest absolute Gasteiger partial charge is 0.494 e. The van der Waals surface area contributed by atoms with E-state index in [4.69, 9.17) is 9.72 Å². The van der Waals surface area contributed by atoms with Gasteiger partial charge in [0.15, 0.2) is 0 Å². The van der Waals surface area contributed by atoms with Gasteiger partial charge in [0, 0.05) is 12.1 Å². The summed E-state index contributed by atoms with van der Waals surface area (Å²) in [5, 5.41) is 0.532. The van der Waals surface area contributed by atoms with E-state index in [0.717, 1.165) is 30.6 Å². The maximum atomic E-state index is 14.4. The van der Waals surface area contributed by atoms with Crippen LogP contribution < -0.4 is 10.3 Å². The van der Waals surface area contributed by atoms with Crippen molar-refractivity contribution in [3.05, 3.63) is 136 Å². The summed E-state index contributed by atoms with van der Waals surface area (Å²) in [5.74, 6) is 1.20. The Bertz CT molecular complexity index is 1730. The standard InChI is InChI=1S/C38H41N3O3/c1-4-7-13-29-18-20-30(21-19-29)37(42)40(27-26-28-14-9-8-10-15-28)35(5-2)36-39-34-17-12-11-16-33(34)38(43)41(36)31-22-24-32(25-23-31)44-6-3/h8-12,14-25,35H,4-7,13,26-27H2,1-3H3. The molecule has 0 fully saturated rings. The van der Waals surface area contributed by atoms with Gasteiger partial charge >= 0.3 is 0 Å². The number of aromatic nitrogens is 2. The molecule has 5 aromatic rings. The Morgan fingerprint density at radius 2 is 1.50 bits per heavy atom. The van der Waals surface area contributed by atoms with Crippen molar-refractivity contribution in [2.75, 3.05) is 13.2 Å². The number of unbranched alkanes of at least 4 members (excludes halogenated alkanes) is 1. The number of fused-ring (bicyclic) bond motifs is 1. The zero-order chi connectivity index (χ0) is 30.9. The summed E-state index contributed by atoms with van der Waals surface area (Å²) in [6, 6.07) is 32.6. The summed E-state index contributed by atoms with van der Waals surface area (Å²) < 4.78 is 7.33. The molecule has 1 aromatic heterocycles. The Labute approximate surface area is 260 Å². The van der Waals surface area contributed by atoms with Gasteiger partial charge in [-0.3, -0.25) is 14.2 Å². The van der Waals surface area contributed by atoms with Crippen molar-refractivity contribution in [1.29, 1.82) is 0 Å². The number of carbonyl (C=O) groups excluding carboxylic acids is 1. The second-order valence-electron chi connectivity index (χ2n) is 11.0. The highest BCUT2D eigenvalue weighted by atomic mass is 16.5. The summed E-state index contributed by atoms with van der Waals surface area (Å²) in [5.41, 5.74) is 4.14. The summed E-state index contributed by atoms with van der Waals surface area (Å²) in [4.78, 5) is 35.5. The van der Waals surface area contributed by atoms with Crippen LogP contribution in [-0.4, -0.2) is 33.5 Å². The summed E-state index contributed by atoms with van der Waals surface area (Å²) in [6.45, 7) is 7.20. The normalized spacial score (nSPS) is 11.8. The lowest BCUT2D eigenvalue weighted by atomic mass is 10.0. The average Bonchev–Trinajstić information content (AvgIpc) is 3.07. The molecule has 44 heavy (non-hydrogen) atoms. The molecule has 1 atom stereocenters. The molecule has 0 saturated heterocycles. The number of benzene rings is 4. The number of carbonyl (C=O) groups is 1. The monoisotopic (exact) mass is 587 g/mol. The molecule has 1 heterocycles. The van der Waals surface area contributed by atoms with Gasteiger partial charge in [0.05, 0.1) is 29.2 Å². The van der Waals surface area contributed by atoms with Crippen LogP contribution in [0.3, 0.4) is 0 Å². The van der Waals surface area contributed by atoms with Crippen LogP contribution in [0.4, 0.5) is 0 Å². The highest BCUT2D eigenvalue weighted by molar-refractivity contribution is 5.94. The average molecular weight is 588 g/mol. The first-order chi connectivity index (χ1) is 21.5. The third-order valence-electron chi connectivity index (χ3n) is 8.03. The Balaban J connectivity index is 1.62. The molecule has 226 valence electrons. The molecule has 0 aliphatic heterocycles. The molecule has 1 unspecified atom stereocenters. The first-order valence-electron chi connectivity index (χ1n) is 15.7. The van der Waals surface area contributed by atoms with E-state index in [1.165, 1.54) is 5.56 Å². The highest BCUT2D eigenvalue weighted by Crippen LogP contribution is 2.29. The number of aryl methyl sites for hydroxylation is 1. The lowest BCUT2D eigenvalue weighted by Crippen LogP contribution is -2.39.